The Morgan fingerprint density at radius 2 is 1.86 bits per heavy atom. The molecule has 0 aliphatic carbocycles. The van der Waals surface area contributed by atoms with Crippen LogP contribution in [0.1, 0.15) is 22.3 Å². The van der Waals surface area contributed by atoms with E-state index in [2.05, 4.69) is 49.6 Å². The summed E-state index contributed by atoms with van der Waals surface area (Å²) in [7, 11) is 0. The van der Waals surface area contributed by atoms with Crippen molar-refractivity contribution in [2.45, 2.75) is 20.8 Å². The van der Waals surface area contributed by atoms with Crippen LogP contribution in [-0.2, 0) is 0 Å². The van der Waals surface area contributed by atoms with Crippen molar-refractivity contribution >= 4 is 11.9 Å². The molecule has 0 fully saturated rings. The van der Waals surface area contributed by atoms with Crippen LogP contribution in [0.4, 0.5) is 0 Å². The van der Waals surface area contributed by atoms with Gasteiger partial charge in [-0.3, -0.25) is 4.99 Å². The molecular formula is C12H12N2. The summed E-state index contributed by atoms with van der Waals surface area (Å²) in [4.78, 5) is 7.94. The molecule has 14 heavy (non-hydrogen) atoms. The Labute approximate surface area is 84.4 Å². The van der Waals surface area contributed by atoms with Gasteiger partial charge in [0.05, 0.1) is 11.9 Å². The first-order chi connectivity index (χ1) is 6.70. The summed E-state index contributed by atoms with van der Waals surface area (Å²) < 4.78 is 0. The van der Waals surface area contributed by atoms with Crippen LogP contribution >= 0.6 is 0 Å². The van der Waals surface area contributed by atoms with Crippen LogP contribution in [0.2, 0.25) is 0 Å². The predicted octanol–water partition coefficient (Wildman–Crippen LogP) is 2.48. The van der Waals surface area contributed by atoms with E-state index in [4.69, 9.17) is 0 Å². The summed E-state index contributed by atoms with van der Waals surface area (Å²) in [6.45, 7) is 8.96. The molecule has 1 aliphatic rings. The number of nitrogens with zero attached hydrogens (tertiary/aromatic N) is 2. The molecule has 2 nitrogen and oxygen atoms in total. The van der Waals surface area contributed by atoms with Gasteiger partial charge in [-0.05, 0) is 37.5 Å². The van der Waals surface area contributed by atoms with Gasteiger partial charge in [-0.2, -0.15) is 0 Å². The van der Waals surface area contributed by atoms with Gasteiger partial charge >= 0.3 is 0 Å². The predicted molar refractivity (Wildman–Crippen MR) is 58.9 cm³/mol. The number of aliphatic imine (C=N–C) groups is 2. The van der Waals surface area contributed by atoms with Gasteiger partial charge in [0.25, 0.3) is 0 Å². The van der Waals surface area contributed by atoms with Crippen LogP contribution < -0.4 is 0 Å². The third kappa shape index (κ3) is 1.37. The third-order valence-corrected chi connectivity index (χ3v) is 2.75. The average molecular weight is 184 g/mol. The topological polar surface area (TPSA) is 24.7 Å². The molecule has 0 bridgehead atoms. The maximum absolute atomic E-state index is 4.08. The van der Waals surface area contributed by atoms with E-state index in [1.807, 2.05) is 0 Å². The van der Waals surface area contributed by atoms with E-state index < -0.39 is 0 Å². The molecule has 2 rings (SSSR count). The van der Waals surface area contributed by atoms with Gasteiger partial charge in [0, 0.05) is 5.56 Å². The highest BCUT2D eigenvalue weighted by molar-refractivity contribution is 6.39. The minimum absolute atomic E-state index is 0.908. The average Bonchev–Trinajstić information content (AvgIpc) is 2.67. The Hall–Kier alpha value is -1.44. The molecule has 2 heteroatoms. The number of rotatable bonds is 1. The Bertz CT molecular complexity index is 428. The Kier molecular flexibility index (Phi) is 2.20. The summed E-state index contributed by atoms with van der Waals surface area (Å²) >= 11 is 0. The lowest BCUT2D eigenvalue weighted by Crippen LogP contribution is -2.04. The largest absolute Gasteiger partial charge is 0.252 e. The lowest BCUT2D eigenvalue weighted by Gasteiger charge is -2.09. The van der Waals surface area contributed by atoms with E-state index in [0.717, 1.165) is 11.3 Å². The SMILES string of the molecule is Cc1ccc(C2=N[C]N=C2)c(C)c1C. The van der Waals surface area contributed by atoms with Gasteiger partial charge in [-0.1, -0.05) is 12.1 Å². The fraction of sp³-hybridized carbons (Fsp3) is 0.250. The number of benzene rings is 1. The Balaban J connectivity index is 2.55. The zero-order valence-electron chi connectivity index (χ0n) is 8.63. The highest BCUT2D eigenvalue weighted by atomic mass is 15.0. The van der Waals surface area contributed by atoms with Gasteiger partial charge in [-0.25, -0.2) is 4.99 Å². The van der Waals surface area contributed by atoms with Crippen molar-refractivity contribution in [3.8, 4) is 0 Å². The Morgan fingerprint density at radius 3 is 2.50 bits per heavy atom. The maximum Gasteiger partial charge on any atom is 0.250 e. The van der Waals surface area contributed by atoms with E-state index in [9.17, 15) is 0 Å². The monoisotopic (exact) mass is 184 g/mol. The van der Waals surface area contributed by atoms with Crippen molar-refractivity contribution < 1.29 is 0 Å². The van der Waals surface area contributed by atoms with E-state index in [1.165, 1.54) is 16.7 Å². The van der Waals surface area contributed by atoms with Crippen LogP contribution in [-0.4, -0.2) is 11.9 Å². The smallest absolute Gasteiger partial charge is 0.250 e. The van der Waals surface area contributed by atoms with E-state index in [1.54, 1.807) is 6.21 Å². The molecule has 0 amide bonds. The van der Waals surface area contributed by atoms with Crippen LogP contribution in [0.15, 0.2) is 22.1 Å². The van der Waals surface area contributed by atoms with Crippen LogP contribution in [0.25, 0.3) is 0 Å². The summed E-state index contributed by atoms with van der Waals surface area (Å²) in [5, 5.41) is 0. The minimum Gasteiger partial charge on any atom is -0.252 e. The van der Waals surface area contributed by atoms with Crippen molar-refractivity contribution in [1.29, 1.82) is 0 Å². The van der Waals surface area contributed by atoms with Gasteiger partial charge in [-0.15, -0.1) is 0 Å². The van der Waals surface area contributed by atoms with Gasteiger partial charge < -0.3 is 0 Å². The van der Waals surface area contributed by atoms with Gasteiger partial charge in [0.15, 0.2) is 0 Å². The molecule has 1 aromatic carbocycles. The van der Waals surface area contributed by atoms with Crippen molar-refractivity contribution in [3.63, 3.8) is 0 Å². The van der Waals surface area contributed by atoms with Crippen molar-refractivity contribution in [2.24, 2.45) is 9.98 Å². The maximum atomic E-state index is 4.08. The molecule has 70 valence electrons. The summed E-state index contributed by atoms with van der Waals surface area (Å²) in [5.41, 5.74) is 5.98. The first-order valence-electron chi connectivity index (χ1n) is 4.63. The number of aryl methyl sites for hydroxylation is 1. The summed E-state index contributed by atoms with van der Waals surface area (Å²) in [6.07, 6.45) is 1.75. The standard InChI is InChI=1S/C12H12N2/c1-8-4-5-11(10(3)9(8)2)12-6-13-7-14-12/h4-6H,1-3H3. The summed E-state index contributed by atoms with van der Waals surface area (Å²) in [5.74, 6) is 0. The quantitative estimate of drug-likeness (QED) is 0.640. The molecule has 1 heterocycles. The van der Waals surface area contributed by atoms with Crippen molar-refractivity contribution in [1.82, 2.24) is 0 Å². The Morgan fingerprint density at radius 1 is 1.07 bits per heavy atom. The zero-order chi connectivity index (χ0) is 10.1. The fourth-order valence-electron chi connectivity index (χ4n) is 1.56. The molecule has 0 saturated heterocycles. The molecule has 0 N–H and O–H groups in total. The molecule has 0 spiro atoms. The second-order valence-electron chi connectivity index (χ2n) is 3.54. The van der Waals surface area contributed by atoms with Crippen LogP contribution in [0, 0.1) is 27.4 Å². The van der Waals surface area contributed by atoms with Gasteiger partial charge in [0.1, 0.15) is 0 Å². The zero-order valence-corrected chi connectivity index (χ0v) is 8.63. The highest BCUT2D eigenvalue weighted by Crippen LogP contribution is 2.18. The molecule has 0 unspecified atom stereocenters. The first kappa shape index (κ1) is 9.13. The molecule has 2 radical (unpaired) electrons. The molecule has 1 aliphatic heterocycles. The van der Waals surface area contributed by atoms with Gasteiger partial charge in [0.2, 0.25) is 6.67 Å². The third-order valence-electron chi connectivity index (χ3n) is 2.75. The first-order valence-corrected chi connectivity index (χ1v) is 4.63. The summed E-state index contributed by atoms with van der Waals surface area (Å²) in [6, 6.07) is 4.21. The fourth-order valence-corrected chi connectivity index (χ4v) is 1.56. The normalized spacial score (nSPS) is 14.6. The molecule has 0 aromatic heterocycles. The number of hydrogen-bond donors (Lipinski definition) is 0. The molecular weight excluding hydrogens is 172 g/mol. The van der Waals surface area contributed by atoms with E-state index in [0.29, 0.717) is 0 Å². The van der Waals surface area contributed by atoms with Crippen LogP contribution in [0.5, 0.6) is 0 Å². The second kappa shape index (κ2) is 3.37. The molecule has 1 aromatic rings. The van der Waals surface area contributed by atoms with Crippen molar-refractivity contribution in [2.75, 3.05) is 0 Å². The molecule has 0 atom stereocenters. The van der Waals surface area contributed by atoms with E-state index in [-0.39, 0.29) is 0 Å². The highest BCUT2D eigenvalue weighted by Gasteiger charge is 2.10. The lowest BCUT2D eigenvalue weighted by atomic mass is 9.96. The minimum atomic E-state index is 0.908. The molecule has 0 saturated carbocycles. The van der Waals surface area contributed by atoms with Crippen molar-refractivity contribution in [3.05, 3.63) is 41.1 Å². The second-order valence-corrected chi connectivity index (χ2v) is 3.54. The van der Waals surface area contributed by atoms with E-state index >= 15 is 0 Å². The van der Waals surface area contributed by atoms with Crippen LogP contribution in [0.3, 0.4) is 0 Å². The number of hydrogen-bond acceptors (Lipinski definition) is 2. The lowest BCUT2D eigenvalue weighted by molar-refractivity contribution is 1.25.